The van der Waals surface area contributed by atoms with E-state index >= 15 is 0 Å². The van der Waals surface area contributed by atoms with Crippen LogP contribution in [0.1, 0.15) is 19.3 Å². The molecule has 3 N–H and O–H groups in total. The molecule has 0 radical (unpaired) electrons. The summed E-state index contributed by atoms with van der Waals surface area (Å²) in [6.07, 6.45) is 5.16. The van der Waals surface area contributed by atoms with Gasteiger partial charge in [0.05, 0.1) is 22.8 Å². The Labute approximate surface area is 155 Å². The third kappa shape index (κ3) is 3.37. The summed E-state index contributed by atoms with van der Waals surface area (Å²) in [6.45, 7) is 0.681. The molecule has 0 spiro atoms. The normalized spacial score (nSPS) is 14.2. The van der Waals surface area contributed by atoms with Crippen molar-refractivity contribution in [2.75, 3.05) is 17.7 Å². The number of nitrogen functional groups attached to an aromatic ring is 1. The van der Waals surface area contributed by atoms with Crippen molar-refractivity contribution in [2.24, 2.45) is 5.92 Å². The highest BCUT2D eigenvalue weighted by Crippen LogP contribution is 2.33. The number of aromatic nitrogens is 2. The highest BCUT2D eigenvalue weighted by atomic mass is 35.5. The quantitative estimate of drug-likeness (QED) is 0.621. The maximum atomic E-state index is 13.3. The van der Waals surface area contributed by atoms with E-state index < -0.39 is 5.82 Å². The second-order valence-corrected chi connectivity index (χ2v) is 6.90. The van der Waals surface area contributed by atoms with Crippen molar-refractivity contribution in [3.8, 4) is 5.75 Å². The SMILES string of the molecule is Nc1cc2c(Nc3ccc(F)c(Cl)c3)ncnc2cc1OCC1CCC1. The molecular formula is C19H18ClFN4O. The molecule has 4 rings (SSSR count). The van der Waals surface area contributed by atoms with Crippen LogP contribution in [0.5, 0.6) is 5.75 Å². The van der Waals surface area contributed by atoms with Crippen molar-refractivity contribution in [2.45, 2.75) is 19.3 Å². The first-order valence-corrected chi connectivity index (χ1v) is 8.87. The van der Waals surface area contributed by atoms with Crippen molar-refractivity contribution in [3.05, 3.63) is 47.5 Å². The van der Waals surface area contributed by atoms with Crippen LogP contribution < -0.4 is 15.8 Å². The lowest BCUT2D eigenvalue weighted by Crippen LogP contribution is -2.19. The molecule has 1 aromatic heterocycles. The summed E-state index contributed by atoms with van der Waals surface area (Å²) < 4.78 is 19.2. The zero-order valence-electron chi connectivity index (χ0n) is 14.0. The van der Waals surface area contributed by atoms with Crippen LogP contribution in [0.15, 0.2) is 36.7 Å². The Bertz CT molecular complexity index is 962. The van der Waals surface area contributed by atoms with Crippen molar-refractivity contribution in [1.82, 2.24) is 9.97 Å². The van der Waals surface area contributed by atoms with Crippen LogP contribution in [-0.2, 0) is 0 Å². The van der Waals surface area contributed by atoms with Gasteiger partial charge in [-0.15, -0.1) is 0 Å². The maximum absolute atomic E-state index is 13.3. The van der Waals surface area contributed by atoms with Gasteiger partial charge in [-0.2, -0.15) is 0 Å². The Morgan fingerprint density at radius 2 is 2.08 bits per heavy atom. The van der Waals surface area contributed by atoms with Crippen molar-refractivity contribution in [3.63, 3.8) is 0 Å². The standard InChI is InChI=1S/C19H18ClFN4O/c20-14-6-12(4-5-15(14)21)25-19-13-7-16(22)18(8-17(13)23-10-24-19)26-9-11-2-1-3-11/h4-8,10-11H,1-3,9,22H2,(H,23,24,25). The molecule has 1 heterocycles. The molecule has 1 fully saturated rings. The second kappa shape index (κ2) is 6.96. The van der Waals surface area contributed by atoms with E-state index in [1.807, 2.05) is 6.07 Å². The predicted octanol–water partition coefficient (Wildman–Crippen LogP) is 4.93. The molecule has 3 aromatic rings. The maximum Gasteiger partial charge on any atom is 0.144 e. The summed E-state index contributed by atoms with van der Waals surface area (Å²) in [6, 6.07) is 8.01. The van der Waals surface area contributed by atoms with Crippen molar-refractivity contribution in [1.29, 1.82) is 0 Å². The van der Waals surface area contributed by atoms with Crippen LogP contribution in [0.2, 0.25) is 5.02 Å². The third-order valence-electron chi connectivity index (χ3n) is 4.65. The molecular weight excluding hydrogens is 355 g/mol. The minimum absolute atomic E-state index is 0.0413. The Morgan fingerprint density at radius 1 is 1.23 bits per heavy atom. The monoisotopic (exact) mass is 372 g/mol. The number of nitrogens with two attached hydrogens (primary N) is 1. The van der Waals surface area contributed by atoms with Crippen molar-refractivity contribution < 1.29 is 9.13 Å². The number of fused-ring (bicyclic) bond motifs is 1. The Hall–Kier alpha value is -2.60. The van der Waals surface area contributed by atoms with E-state index in [0.717, 1.165) is 5.39 Å². The summed E-state index contributed by atoms with van der Waals surface area (Å²) in [4.78, 5) is 8.57. The van der Waals surface area contributed by atoms with Crippen LogP contribution in [0, 0.1) is 11.7 Å². The van der Waals surface area contributed by atoms with E-state index in [2.05, 4.69) is 15.3 Å². The fourth-order valence-electron chi connectivity index (χ4n) is 2.90. The van der Waals surface area contributed by atoms with E-state index in [-0.39, 0.29) is 5.02 Å². The zero-order chi connectivity index (χ0) is 18.1. The van der Waals surface area contributed by atoms with Gasteiger partial charge in [0.1, 0.15) is 23.7 Å². The third-order valence-corrected chi connectivity index (χ3v) is 4.94. The lowest BCUT2D eigenvalue weighted by Gasteiger charge is -2.25. The number of hydrogen-bond acceptors (Lipinski definition) is 5. The average molecular weight is 373 g/mol. The van der Waals surface area contributed by atoms with Crippen LogP contribution in [-0.4, -0.2) is 16.6 Å². The molecule has 2 aromatic carbocycles. The van der Waals surface area contributed by atoms with Gasteiger partial charge in [-0.25, -0.2) is 14.4 Å². The van der Waals surface area contributed by atoms with Gasteiger partial charge in [-0.3, -0.25) is 0 Å². The molecule has 1 aliphatic carbocycles. The van der Waals surface area contributed by atoms with Gasteiger partial charge in [0, 0.05) is 17.1 Å². The molecule has 1 saturated carbocycles. The van der Waals surface area contributed by atoms with Gasteiger partial charge < -0.3 is 15.8 Å². The number of nitrogens with one attached hydrogen (secondary N) is 1. The molecule has 26 heavy (non-hydrogen) atoms. The van der Waals surface area contributed by atoms with Crippen LogP contribution in [0.25, 0.3) is 10.9 Å². The van der Waals surface area contributed by atoms with E-state index in [1.54, 1.807) is 12.1 Å². The Morgan fingerprint density at radius 3 is 2.81 bits per heavy atom. The number of halogens is 2. The minimum atomic E-state index is -0.470. The Balaban J connectivity index is 1.62. The number of benzene rings is 2. The minimum Gasteiger partial charge on any atom is -0.491 e. The summed E-state index contributed by atoms with van der Waals surface area (Å²) in [5, 5.41) is 3.92. The molecule has 0 atom stereocenters. The topological polar surface area (TPSA) is 73.1 Å². The lowest BCUT2D eigenvalue weighted by molar-refractivity contribution is 0.181. The lowest BCUT2D eigenvalue weighted by atomic mass is 9.86. The highest BCUT2D eigenvalue weighted by Gasteiger charge is 2.19. The van der Waals surface area contributed by atoms with Crippen LogP contribution in [0.3, 0.4) is 0 Å². The first-order valence-electron chi connectivity index (χ1n) is 8.49. The molecule has 0 aliphatic heterocycles. The van der Waals surface area contributed by atoms with Crippen LogP contribution >= 0.6 is 11.6 Å². The summed E-state index contributed by atoms with van der Waals surface area (Å²) in [5.41, 5.74) is 8.04. The fourth-order valence-corrected chi connectivity index (χ4v) is 3.08. The molecule has 5 nitrogen and oxygen atoms in total. The van der Waals surface area contributed by atoms with Gasteiger partial charge in [0.2, 0.25) is 0 Å². The van der Waals surface area contributed by atoms with E-state index in [9.17, 15) is 4.39 Å². The smallest absolute Gasteiger partial charge is 0.144 e. The van der Waals surface area contributed by atoms with Gasteiger partial charge in [-0.1, -0.05) is 18.0 Å². The zero-order valence-corrected chi connectivity index (χ0v) is 14.8. The van der Waals surface area contributed by atoms with Gasteiger partial charge in [0.15, 0.2) is 0 Å². The molecule has 1 aliphatic rings. The predicted molar refractivity (Wildman–Crippen MR) is 101 cm³/mol. The van der Waals surface area contributed by atoms with Crippen LogP contribution in [0.4, 0.5) is 21.6 Å². The van der Waals surface area contributed by atoms with E-state index in [4.69, 9.17) is 22.1 Å². The average Bonchev–Trinajstić information content (AvgIpc) is 2.58. The fraction of sp³-hybridized carbons (Fsp3) is 0.263. The molecule has 7 heteroatoms. The molecule has 134 valence electrons. The highest BCUT2D eigenvalue weighted by molar-refractivity contribution is 6.31. The molecule has 0 bridgehead atoms. The van der Waals surface area contributed by atoms with Crippen molar-refractivity contribution >= 4 is 39.7 Å². The first-order chi connectivity index (χ1) is 12.6. The van der Waals surface area contributed by atoms with E-state index in [0.29, 0.717) is 41.0 Å². The van der Waals surface area contributed by atoms with Gasteiger partial charge in [-0.05, 0) is 43.0 Å². The second-order valence-electron chi connectivity index (χ2n) is 6.49. The summed E-state index contributed by atoms with van der Waals surface area (Å²) in [7, 11) is 0. The number of ether oxygens (including phenoxy) is 1. The summed E-state index contributed by atoms with van der Waals surface area (Å²) >= 11 is 5.84. The number of anilines is 3. The molecule has 0 unspecified atom stereocenters. The number of hydrogen-bond donors (Lipinski definition) is 2. The first kappa shape index (κ1) is 16.8. The Kier molecular flexibility index (Phi) is 4.51. The van der Waals surface area contributed by atoms with E-state index in [1.165, 1.54) is 37.7 Å². The van der Waals surface area contributed by atoms with Gasteiger partial charge in [0.25, 0.3) is 0 Å². The van der Waals surface area contributed by atoms with Gasteiger partial charge >= 0.3 is 0 Å². The molecule has 0 amide bonds. The molecule has 0 saturated heterocycles. The number of rotatable bonds is 5. The number of nitrogens with zero attached hydrogens (tertiary/aromatic N) is 2. The summed E-state index contributed by atoms with van der Waals surface area (Å²) in [5.74, 6) is 1.35. The largest absolute Gasteiger partial charge is 0.491 e.